The first-order chi connectivity index (χ1) is 18.6. The number of benzene rings is 2. The lowest BCUT2D eigenvalue weighted by molar-refractivity contribution is -0.113. The second kappa shape index (κ2) is 11.1. The van der Waals surface area contributed by atoms with Gasteiger partial charge in [-0.05, 0) is 45.0 Å². The summed E-state index contributed by atoms with van der Waals surface area (Å²) in [4.78, 5) is 41.7. The van der Waals surface area contributed by atoms with Gasteiger partial charge in [-0.15, -0.1) is 0 Å². The van der Waals surface area contributed by atoms with E-state index in [1.54, 1.807) is 11.1 Å². The van der Waals surface area contributed by atoms with E-state index in [1.165, 1.54) is 11.8 Å². The molecular formula is C29H30BrN5O3S. The minimum Gasteiger partial charge on any atom is -0.444 e. The normalized spacial score (nSPS) is 16.7. The zero-order valence-corrected chi connectivity index (χ0v) is 24.5. The van der Waals surface area contributed by atoms with Crippen LogP contribution in [0.1, 0.15) is 39.2 Å². The molecule has 0 unspecified atom stereocenters. The Kier molecular flexibility index (Phi) is 7.77. The van der Waals surface area contributed by atoms with Crippen molar-refractivity contribution in [1.82, 2.24) is 9.88 Å². The van der Waals surface area contributed by atoms with Gasteiger partial charge in [-0.25, -0.2) is 9.79 Å². The Morgan fingerprint density at radius 1 is 1.08 bits per heavy atom. The number of pyridine rings is 1. The highest BCUT2D eigenvalue weighted by atomic mass is 79.9. The van der Waals surface area contributed by atoms with Crippen LogP contribution in [0.5, 0.6) is 0 Å². The predicted octanol–water partition coefficient (Wildman–Crippen LogP) is 6.30. The van der Waals surface area contributed by atoms with Crippen LogP contribution in [0, 0.1) is 0 Å². The van der Waals surface area contributed by atoms with Crippen molar-refractivity contribution in [2.75, 3.05) is 24.2 Å². The van der Waals surface area contributed by atoms with Gasteiger partial charge in [-0.1, -0.05) is 58.0 Å². The number of nitrogens with one attached hydrogen (secondary N) is 1. The van der Waals surface area contributed by atoms with Crippen molar-refractivity contribution >= 4 is 67.0 Å². The number of para-hydroxylation sites is 1. The molecule has 202 valence electrons. The highest BCUT2D eigenvalue weighted by Gasteiger charge is 2.41. The van der Waals surface area contributed by atoms with Crippen LogP contribution >= 0.6 is 27.7 Å². The molecule has 8 nitrogen and oxygen atoms in total. The molecule has 1 spiro atoms. The summed E-state index contributed by atoms with van der Waals surface area (Å²) in [5.41, 5.74) is 2.03. The summed E-state index contributed by atoms with van der Waals surface area (Å²) >= 11 is 4.92. The average molecular weight is 609 g/mol. The Morgan fingerprint density at radius 2 is 1.85 bits per heavy atom. The number of anilines is 1. The number of carbonyl (C=O) groups is 2. The Hall–Kier alpha value is -3.24. The predicted molar refractivity (Wildman–Crippen MR) is 161 cm³/mol. The highest BCUT2D eigenvalue weighted by Crippen LogP contribution is 2.36. The number of amides is 2. The van der Waals surface area contributed by atoms with Crippen molar-refractivity contribution in [3.63, 3.8) is 0 Å². The van der Waals surface area contributed by atoms with Gasteiger partial charge >= 0.3 is 6.09 Å². The van der Waals surface area contributed by atoms with Crippen molar-refractivity contribution in [1.29, 1.82) is 0 Å². The molecule has 2 amide bonds. The fraction of sp³-hybridized carbons (Fsp3) is 0.345. The van der Waals surface area contributed by atoms with E-state index in [-0.39, 0.29) is 17.8 Å². The number of hydrogen-bond donors (Lipinski definition) is 1. The quantitative estimate of drug-likeness (QED) is 0.375. The van der Waals surface area contributed by atoms with E-state index in [2.05, 4.69) is 26.2 Å². The van der Waals surface area contributed by atoms with Gasteiger partial charge < -0.3 is 15.0 Å². The SMILES string of the molecule is CC(C)(C)OC(=O)N1CCC2(CC1)N=C(SCC(=O)Nc1cnc3ccccc3c1)C(c1cccc(Br)c1)=N2. The van der Waals surface area contributed by atoms with Crippen molar-refractivity contribution in [3.8, 4) is 0 Å². The van der Waals surface area contributed by atoms with E-state index in [9.17, 15) is 9.59 Å². The molecule has 1 N–H and O–H groups in total. The van der Waals surface area contributed by atoms with Crippen LogP contribution in [-0.2, 0) is 9.53 Å². The van der Waals surface area contributed by atoms with Crippen LogP contribution in [-0.4, -0.2) is 62.7 Å². The number of thioether (sulfide) groups is 1. The lowest BCUT2D eigenvalue weighted by Gasteiger charge is -2.36. The maximum atomic E-state index is 12.9. The number of ether oxygens (including phenoxy) is 1. The highest BCUT2D eigenvalue weighted by molar-refractivity contribution is 9.10. The lowest BCUT2D eigenvalue weighted by atomic mass is 9.99. The van der Waals surface area contributed by atoms with E-state index in [0.29, 0.717) is 31.6 Å². The van der Waals surface area contributed by atoms with Gasteiger partial charge in [0.05, 0.1) is 28.9 Å². The standard InChI is InChI=1S/C29H30BrN5O3S/c1-28(2,3)38-27(37)35-13-11-29(12-14-35)33-25(20-8-6-9-21(30)15-20)26(34-29)39-18-24(36)32-22-16-19-7-4-5-10-23(19)31-17-22/h4-10,15-17H,11-14,18H2,1-3H3,(H,32,36). The monoisotopic (exact) mass is 607 g/mol. The number of carbonyl (C=O) groups excluding carboxylic acids is 2. The Labute approximate surface area is 240 Å². The van der Waals surface area contributed by atoms with Gasteiger partial charge in [0.2, 0.25) is 5.91 Å². The number of fused-ring (bicyclic) bond motifs is 1. The molecule has 0 atom stereocenters. The topological polar surface area (TPSA) is 96.2 Å². The molecule has 0 bridgehead atoms. The van der Waals surface area contributed by atoms with Crippen molar-refractivity contribution in [3.05, 3.63) is 70.8 Å². The Morgan fingerprint density at radius 3 is 2.59 bits per heavy atom. The second-order valence-electron chi connectivity index (χ2n) is 10.6. The molecule has 39 heavy (non-hydrogen) atoms. The van der Waals surface area contributed by atoms with Gasteiger partial charge in [0.15, 0.2) is 5.66 Å². The summed E-state index contributed by atoms with van der Waals surface area (Å²) in [5.74, 6) is 0.0350. The maximum Gasteiger partial charge on any atom is 0.410 e. The summed E-state index contributed by atoms with van der Waals surface area (Å²) in [5, 5.41) is 4.64. The molecule has 1 saturated heterocycles. The molecule has 5 rings (SSSR count). The Bertz CT molecular complexity index is 1480. The lowest BCUT2D eigenvalue weighted by Crippen LogP contribution is -2.46. The van der Waals surface area contributed by atoms with E-state index in [4.69, 9.17) is 14.7 Å². The summed E-state index contributed by atoms with van der Waals surface area (Å²) in [7, 11) is 0. The number of piperidine rings is 1. The first-order valence-electron chi connectivity index (χ1n) is 12.8. The van der Waals surface area contributed by atoms with Crippen LogP contribution in [0.15, 0.2) is 75.3 Å². The number of hydrogen-bond acceptors (Lipinski definition) is 7. The van der Waals surface area contributed by atoms with Gasteiger partial charge in [-0.2, -0.15) is 0 Å². The molecule has 2 aliphatic heterocycles. The maximum absolute atomic E-state index is 12.9. The molecule has 1 aromatic heterocycles. The van der Waals surface area contributed by atoms with Crippen molar-refractivity contribution in [2.24, 2.45) is 9.98 Å². The molecule has 2 aromatic carbocycles. The van der Waals surface area contributed by atoms with Gasteiger partial charge in [0.1, 0.15) is 10.6 Å². The third-order valence-corrected chi connectivity index (χ3v) is 7.82. The first-order valence-corrected chi connectivity index (χ1v) is 14.6. The second-order valence-corrected chi connectivity index (χ2v) is 12.5. The number of aliphatic imine (C=N–C) groups is 2. The minimum absolute atomic E-state index is 0.144. The van der Waals surface area contributed by atoms with E-state index in [1.807, 2.05) is 75.4 Å². The molecule has 1 fully saturated rings. The third-order valence-electron chi connectivity index (χ3n) is 6.36. The fourth-order valence-electron chi connectivity index (χ4n) is 4.52. The molecule has 2 aliphatic rings. The van der Waals surface area contributed by atoms with Crippen LogP contribution in [0.25, 0.3) is 10.9 Å². The molecule has 0 saturated carbocycles. The molecule has 10 heteroatoms. The molecule has 3 aromatic rings. The molecule has 0 aliphatic carbocycles. The largest absolute Gasteiger partial charge is 0.444 e. The van der Waals surface area contributed by atoms with E-state index in [0.717, 1.165) is 31.7 Å². The van der Waals surface area contributed by atoms with Gasteiger partial charge in [0, 0.05) is 41.4 Å². The van der Waals surface area contributed by atoms with Crippen molar-refractivity contribution in [2.45, 2.75) is 44.9 Å². The molecule has 3 heterocycles. The van der Waals surface area contributed by atoms with E-state index < -0.39 is 11.3 Å². The minimum atomic E-state index is -0.656. The van der Waals surface area contributed by atoms with Crippen LogP contribution in [0.3, 0.4) is 0 Å². The Balaban J connectivity index is 1.30. The zero-order chi connectivity index (χ0) is 27.6. The number of nitrogens with zero attached hydrogens (tertiary/aromatic N) is 4. The van der Waals surface area contributed by atoms with Gasteiger partial charge in [-0.3, -0.25) is 14.8 Å². The van der Waals surface area contributed by atoms with Crippen LogP contribution in [0.2, 0.25) is 0 Å². The van der Waals surface area contributed by atoms with Crippen LogP contribution in [0.4, 0.5) is 10.5 Å². The summed E-state index contributed by atoms with van der Waals surface area (Å²) in [6.45, 7) is 6.59. The molecular weight excluding hydrogens is 578 g/mol. The summed E-state index contributed by atoms with van der Waals surface area (Å²) in [6, 6.07) is 17.6. The van der Waals surface area contributed by atoms with Crippen LogP contribution < -0.4 is 5.32 Å². The number of rotatable bonds is 4. The first kappa shape index (κ1) is 27.3. The smallest absolute Gasteiger partial charge is 0.410 e. The molecule has 0 radical (unpaired) electrons. The third kappa shape index (κ3) is 6.67. The van der Waals surface area contributed by atoms with Gasteiger partial charge in [0.25, 0.3) is 0 Å². The number of aromatic nitrogens is 1. The zero-order valence-electron chi connectivity index (χ0n) is 22.1. The fourth-order valence-corrected chi connectivity index (χ4v) is 5.79. The van der Waals surface area contributed by atoms with Crippen molar-refractivity contribution < 1.29 is 14.3 Å². The van der Waals surface area contributed by atoms with E-state index >= 15 is 0 Å². The average Bonchev–Trinajstić information content (AvgIpc) is 3.24. The summed E-state index contributed by atoms with van der Waals surface area (Å²) < 4.78 is 6.49. The number of likely N-dealkylation sites (tertiary alicyclic amines) is 1. The number of halogens is 1. The summed E-state index contributed by atoms with van der Waals surface area (Å²) in [6.07, 6.45) is 2.52.